The molecule has 1 aliphatic rings. The minimum atomic E-state index is -0.548. The smallest absolute Gasteiger partial charge is 0.0712 e. The van der Waals surface area contributed by atoms with Crippen LogP contribution in [0.1, 0.15) is 18.4 Å². The van der Waals surface area contributed by atoms with Crippen LogP contribution in [0.25, 0.3) is 10.9 Å². The number of piperidine rings is 1. The van der Waals surface area contributed by atoms with Crippen LogP contribution in [0, 0.1) is 0 Å². The molecule has 94 valence electrons. The molecule has 0 amide bonds. The van der Waals surface area contributed by atoms with Crippen LogP contribution in [0.2, 0.25) is 0 Å². The number of rotatable bonds is 2. The second-order valence-electron chi connectivity index (χ2n) is 5.18. The Morgan fingerprint density at radius 2 is 2.06 bits per heavy atom. The monoisotopic (exact) mass is 242 g/mol. The fraction of sp³-hybridized carbons (Fsp3) is 0.400. The lowest BCUT2D eigenvalue weighted by atomic mass is 9.86. The average molecular weight is 242 g/mol. The lowest BCUT2D eigenvalue weighted by molar-refractivity contribution is 0.0109. The van der Waals surface area contributed by atoms with Gasteiger partial charge in [0.05, 0.1) is 11.1 Å². The number of nitrogens with one attached hydrogen (secondary N) is 1. The summed E-state index contributed by atoms with van der Waals surface area (Å²) in [5.41, 5.74) is 1.63. The summed E-state index contributed by atoms with van der Waals surface area (Å²) in [5, 5.41) is 15.0. The fourth-order valence-electron chi connectivity index (χ4n) is 2.67. The Hall–Kier alpha value is -1.45. The molecule has 1 aromatic heterocycles. The van der Waals surface area contributed by atoms with E-state index in [0.29, 0.717) is 0 Å². The lowest BCUT2D eigenvalue weighted by Crippen LogP contribution is -2.43. The second-order valence-corrected chi connectivity index (χ2v) is 5.18. The molecule has 1 fully saturated rings. The number of nitrogens with zero attached hydrogens (tertiary/aromatic N) is 1. The van der Waals surface area contributed by atoms with Crippen molar-refractivity contribution >= 4 is 10.9 Å². The minimum absolute atomic E-state index is 0.548. The van der Waals surface area contributed by atoms with Gasteiger partial charge in [0, 0.05) is 18.0 Å². The summed E-state index contributed by atoms with van der Waals surface area (Å²) in [6, 6.07) is 10.3. The van der Waals surface area contributed by atoms with Gasteiger partial charge in [-0.1, -0.05) is 18.2 Å². The topological polar surface area (TPSA) is 45.2 Å². The van der Waals surface area contributed by atoms with Crippen molar-refractivity contribution in [2.24, 2.45) is 0 Å². The van der Waals surface area contributed by atoms with Crippen LogP contribution in [0.3, 0.4) is 0 Å². The quantitative estimate of drug-likeness (QED) is 0.845. The van der Waals surface area contributed by atoms with Gasteiger partial charge in [-0.25, -0.2) is 0 Å². The third-order valence-corrected chi connectivity index (χ3v) is 3.74. The normalized spacial score (nSPS) is 18.9. The summed E-state index contributed by atoms with van der Waals surface area (Å²) in [4.78, 5) is 4.36. The Kier molecular flexibility index (Phi) is 3.02. The second kappa shape index (κ2) is 4.67. The van der Waals surface area contributed by atoms with Crippen LogP contribution in [-0.2, 0) is 6.42 Å². The molecule has 0 bridgehead atoms. The average Bonchev–Trinajstić information content (AvgIpc) is 2.39. The summed E-state index contributed by atoms with van der Waals surface area (Å²) in [6.45, 7) is 1.81. The number of pyridine rings is 1. The van der Waals surface area contributed by atoms with Gasteiger partial charge in [-0.3, -0.25) is 4.98 Å². The van der Waals surface area contributed by atoms with Crippen LogP contribution in [0.4, 0.5) is 0 Å². The van der Waals surface area contributed by atoms with Crippen molar-refractivity contribution < 1.29 is 5.11 Å². The van der Waals surface area contributed by atoms with Gasteiger partial charge in [0.2, 0.25) is 0 Å². The van der Waals surface area contributed by atoms with E-state index in [1.807, 2.05) is 12.3 Å². The van der Waals surface area contributed by atoms with Gasteiger partial charge in [0.15, 0.2) is 0 Å². The third-order valence-electron chi connectivity index (χ3n) is 3.74. The minimum Gasteiger partial charge on any atom is -0.389 e. The summed E-state index contributed by atoms with van der Waals surface area (Å²) >= 11 is 0. The van der Waals surface area contributed by atoms with E-state index in [4.69, 9.17) is 0 Å². The molecule has 1 saturated heterocycles. The highest BCUT2D eigenvalue weighted by Crippen LogP contribution is 2.24. The van der Waals surface area contributed by atoms with Gasteiger partial charge in [0.25, 0.3) is 0 Å². The molecule has 3 nitrogen and oxygen atoms in total. The van der Waals surface area contributed by atoms with E-state index < -0.39 is 5.60 Å². The van der Waals surface area contributed by atoms with Crippen molar-refractivity contribution in [1.82, 2.24) is 10.3 Å². The van der Waals surface area contributed by atoms with Crippen LogP contribution in [0.15, 0.2) is 36.5 Å². The first-order chi connectivity index (χ1) is 8.75. The molecule has 3 rings (SSSR count). The highest BCUT2D eigenvalue weighted by Gasteiger charge is 2.29. The largest absolute Gasteiger partial charge is 0.389 e. The summed E-state index contributed by atoms with van der Waals surface area (Å²) in [5.74, 6) is 0. The van der Waals surface area contributed by atoms with E-state index in [9.17, 15) is 5.11 Å². The SMILES string of the molecule is OC1(Cc2ccc3cccnc3c2)CCNCC1. The standard InChI is InChI=1S/C15H18N2O/c18-15(5-8-16-9-6-15)11-12-3-4-13-2-1-7-17-14(13)10-12/h1-4,7,10,16,18H,5-6,8-9,11H2. The molecule has 0 atom stereocenters. The van der Waals surface area contributed by atoms with E-state index in [0.717, 1.165) is 43.3 Å². The zero-order chi connectivity index (χ0) is 12.4. The fourth-order valence-corrected chi connectivity index (χ4v) is 2.67. The molecule has 2 aromatic rings. The first kappa shape index (κ1) is 11.6. The van der Waals surface area contributed by atoms with Crippen LogP contribution in [-0.4, -0.2) is 28.8 Å². The number of hydrogen-bond acceptors (Lipinski definition) is 3. The van der Waals surface area contributed by atoms with Gasteiger partial charge in [-0.15, -0.1) is 0 Å². The number of benzene rings is 1. The number of aliphatic hydroxyl groups is 1. The Labute approximate surface area is 107 Å². The van der Waals surface area contributed by atoms with Gasteiger partial charge in [0.1, 0.15) is 0 Å². The number of fused-ring (bicyclic) bond motifs is 1. The van der Waals surface area contributed by atoms with E-state index >= 15 is 0 Å². The first-order valence-electron chi connectivity index (χ1n) is 6.52. The molecule has 2 heterocycles. The predicted octanol–water partition coefficient (Wildman–Crippen LogP) is 1.89. The van der Waals surface area contributed by atoms with E-state index in [1.165, 1.54) is 5.56 Å². The van der Waals surface area contributed by atoms with Gasteiger partial charge in [-0.05, 0) is 43.6 Å². The Morgan fingerprint density at radius 3 is 2.89 bits per heavy atom. The third kappa shape index (κ3) is 2.37. The molecule has 1 aliphatic heterocycles. The van der Waals surface area contributed by atoms with Crippen molar-refractivity contribution in [3.63, 3.8) is 0 Å². The summed E-state index contributed by atoms with van der Waals surface area (Å²) in [6.07, 6.45) is 4.19. The lowest BCUT2D eigenvalue weighted by Gasteiger charge is -2.32. The Bertz CT molecular complexity index is 547. The van der Waals surface area contributed by atoms with Gasteiger partial charge < -0.3 is 10.4 Å². The maximum absolute atomic E-state index is 10.5. The molecule has 2 N–H and O–H groups in total. The molecule has 18 heavy (non-hydrogen) atoms. The van der Waals surface area contributed by atoms with Gasteiger partial charge >= 0.3 is 0 Å². The first-order valence-corrected chi connectivity index (χ1v) is 6.52. The molecular weight excluding hydrogens is 224 g/mol. The predicted molar refractivity (Wildman–Crippen MR) is 72.5 cm³/mol. The van der Waals surface area contributed by atoms with Crippen molar-refractivity contribution in [3.05, 3.63) is 42.1 Å². The van der Waals surface area contributed by atoms with Crippen molar-refractivity contribution in [2.45, 2.75) is 24.9 Å². The van der Waals surface area contributed by atoms with Crippen molar-refractivity contribution in [2.75, 3.05) is 13.1 Å². The molecule has 0 unspecified atom stereocenters. The Balaban J connectivity index is 1.85. The number of hydrogen-bond donors (Lipinski definition) is 2. The maximum Gasteiger partial charge on any atom is 0.0712 e. The number of aromatic nitrogens is 1. The van der Waals surface area contributed by atoms with Crippen molar-refractivity contribution in [1.29, 1.82) is 0 Å². The highest BCUT2D eigenvalue weighted by atomic mass is 16.3. The summed E-state index contributed by atoms with van der Waals surface area (Å²) < 4.78 is 0. The van der Waals surface area contributed by atoms with Crippen LogP contribution < -0.4 is 5.32 Å². The molecule has 1 aromatic carbocycles. The van der Waals surface area contributed by atoms with E-state index in [1.54, 1.807) is 0 Å². The van der Waals surface area contributed by atoms with Crippen LogP contribution >= 0.6 is 0 Å². The molecular formula is C15H18N2O. The van der Waals surface area contributed by atoms with E-state index in [-0.39, 0.29) is 0 Å². The van der Waals surface area contributed by atoms with Gasteiger partial charge in [-0.2, -0.15) is 0 Å². The highest BCUT2D eigenvalue weighted by molar-refractivity contribution is 5.78. The maximum atomic E-state index is 10.5. The van der Waals surface area contributed by atoms with E-state index in [2.05, 4.69) is 34.6 Å². The zero-order valence-corrected chi connectivity index (χ0v) is 10.4. The Morgan fingerprint density at radius 1 is 1.22 bits per heavy atom. The van der Waals surface area contributed by atoms with Crippen molar-refractivity contribution in [3.8, 4) is 0 Å². The molecule has 0 aliphatic carbocycles. The molecule has 3 heteroatoms. The molecule has 0 saturated carbocycles. The molecule has 0 radical (unpaired) electrons. The molecule has 0 spiro atoms. The van der Waals surface area contributed by atoms with Crippen LogP contribution in [0.5, 0.6) is 0 Å². The zero-order valence-electron chi connectivity index (χ0n) is 10.4. The summed E-state index contributed by atoms with van der Waals surface area (Å²) in [7, 11) is 0.